The molecule has 2 aromatic rings. The highest BCUT2D eigenvalue weighted by Crippen LogP contribution is 2.34. The van der Waals surface area contributed by atoms with E-state index in [1.165, 1.54) is 17.2 Å². The maximum absolute atomic E-state index is 12.6. The smallest absolute Gasteiger partial charge is 0.292 e. The third-order valence-electron chi connectivity index (χ3n) is 3.93. The Bertz CT molecular complexity index is 805. The van der Waals surface area contributed by atoms with Crippen molar-refractivity contribution in [3.05, 3.63) is 52.9 Å². The Morgan fingerprint density at radius 3 is 2.74 bits per heavy atom. The van der Waals surface area contributed by atoms with Gasteiger partial charge in [-0.05, 0) is 18.1 Å². The summed E-state index contributed by atoms with van der Waals surface area (Å²) >= 11 is 6.15. The van der Waals surface area contributed by atoms with Crippen LogP contribution in [-0.2, 0) is 9.84 Å². The van der Waals surface area contributed by atoms with Gasteiger partial charge in [-0.25, -0.2) is 8.42 Å². The number of hydrogen-bond donors (Lipinski definition) is 0. The van der Waals surface area contributed by atoms with Gasteiger partial charge in [-0.3, -0.25) is 4.79 Å². The predicted octanol–water partition coefficient (Wildman–Crippen LogP) is 2.33. The summed E-state index contributed by atoms with van der Waals surface area (Å²) in [6, 6.07) is 8.38. The highest BCUT2D eigenvalue weighted by molar-refractivity contribution is 7.91. The fourth-order valence-electron chi connectivity index (χ4n) is 2.71. The highest BCUT2D eigenvalue weighted by atomic mass is 35.5. The molecule has 1 fully saturated rings. The number of aromatic nitrogens is 1. The molecule has 0 spiro atoms. The van der Waals surface area contributed by atoms with E-state index in [4.69, 9.17) is 16.1 Å². The number of carbonyl (C=O) groups excluding carboxylic acids is 1. The topological polar surface area (TPSA) is 80.5 Å². The van der Waals surface area contributed by atoms with Crippen molar-refractivity contribution in [1.82, 2.24) is 10.1 Å². The van der Waals surface area contributed by atoms with Crippen LogP contribution < -0.4 is 0 Å². The molecule has 1 atom stereocenters. The zero-order chi connectivity index (χ0) is 16.4. The van der Waals surface area contributed by atoms with Crippen molar-refractivity contribution >= 4 is 27.3 Å². The van der Waals surface area contributed by atoms with Crippen LogP contribution in [0.5, 0.6) is 0 Å². The summed E-state index contributed by atoms with van der Waals surface area (Å²) in [6.45, 7) is 0.442. The summed E-state index contributed by atoms with van der Waals surface area (Å²) in [5, 5.41) is 3.23. The second-order valence-corrected chi connectivity index (χ2v) is 8.04. The first-order chi connectivity index (χ1) is 11.0. The van der Waals surface area contributed by atoms with Crippen molar-refractivity contribution in [3.63, 3.8) is 0 Å². The quantitative estimate of drug-likeness (QED) is 0.826. The number of rotatable bonds is 2. The molecule has 1 aromatic heterocycles. The minimum absolute atomic E-state index is 0.108. The van der Waals surface area contributed by atoms with Gasteiger partial charge in [-0.2, -0.15) is 0 Å². The lowest BCUT2D eigenvalue weighted by Crippen LogP contribution is -2.33. The first kappa shape index (κ1) is 16.0. The van der Waals surface area contributed by atoms with Gasteiger partial charge in [-0.15, -0.1) is 0 Å². The van der Waals surface area contributed by atoms with E-state index in [1.807, 2.05) is 0 Å². The molecule has 1 amide bonds. The van der Waals surface area contributed by atoms with Gasteiger partial charge in [0.05, 0.1) is 17.2 Å². The lowest BCUT2D eigenvalue weighted by molar-refractivity contribution is 0.0724. The number of carbonyl (C=O) groups is 1. The average Bonchev–Trinajstić information content (AvgIpc) is 3.00. The van der Waals surface area contributed by atoms with E-state index >= 15 is 0 Å². The molecule has 0 radical (unpaired) electrons. The molecule has 1 saturated heterocycles. The van der Waals surface area contributed by atoms with Gasteiger partial charge in [0, 0.05) is 24.2 Å². The minimum atomic E-state index is -3.40. The summed E-state index contributed by atoms with van der Waals surface area (Å²) < 4.78 is 30.0. The summed E-state index contributed by atoms with van der Waals surface area (Å²) in [5.41, 5.74) is 0.586. The Morgan fingerprint density at radius 1 is 1.26 bits per heavy atom. The fourth-order valence-corrected chi connectivity index (χ4v) is 4.86. The van der Waals surface area contributed by atoms with Crippen LogP contribution in [0.25, 0.3) is 0 Å². The van der Waals surface area contributed by atoms with Gasteiger partial charge in [-0.1, -0.05) is 35.0 Å². The highest BCUT2D eigenvalue weighted by Gasteiger charge is 2.34. The Kier molecular flexibility index (Phi) is 4.41. The van der Waals surface area contributed by atoms with E-state index in [0.717, 1.165) is 0 Å². The van der Waals surface area contributed by atoms with E-state index in [-0.39, 0.29) is 24.0 Å². The van der Waals surface area contributed by atoms with Crippen molar-refractivity contribution in [3.8, 4) is 0 Å². The van der Waals surface area contributed by atoms with Crippen molar-refractivity contribution in [1.29, 1.82) is 0 Å². The molecule has 6 nitrogen and oxygen atoms in total. The van der Waals surface area contributed by atoms with Crippen molar-refractivity contribution < 1.29 is 17.7 Å². The van der Waals surface area contributed by atoms with Gasteiger partial charge < -0.3 is 9.42 Å². The molecule has 8 heteroatoms. The van der Waals surface area contributed by atoms with E-state index in [9.17, 15) is 13.2 Å². The summed E-state index contributed by atoms with van der Waals surface area (Å²) in [7, 11) is -3.40. The van der Waals surface area contributed by atoms with Crippen LogP contribution in [0.4, 0.5) is 0 Å². The van der Waals surface area contributed by atoms with Crippen LogP contribution in [0.3, 0.4) is 0 Å². The zero-order valence-corrected chi connectivity index (χ0v) is 13.8. The maximum Gasteiger partial charge on any atom is 0.292 e. The molecule has 2 heterocycles. The predicted molar refractivity (Wildman–Crippen MR) is 85.0 cm³/mol. The third-order valence-corrected chi connectivity index (χ3v) is 6.38. The van der Waals surface area contributed by atoms with Crippen molar-refractivity contribution in [2.24, 2.45) is 0 Å². The second-order valence-electron chi connectivity index (χ2n) is 5.33. The molecule has 1 aromatic carbocycles. The van der Waals surface area contributed by atoms with E-state index in [0.29, 0.717) is 23.6 Å². The summed E-state index contributed by atoms with van der Waals surface area (Å²) in [4.78, 5) is 13.8. The van der Waals surface area contributed by atoms with Crippen LogP contribution in [-0.4, -0.2) is 43.2 Å². The second kappa shape index (κ2) is 6.33. The largest absolute Gasteiger partial charge is 0.351 e. The molecular weight excluding hydrogens is 340 g/mol. The van der Waals surface area contributed by atoms with Gasteiger partial charge in [0.1, 0.15) is 0 Å². The first-order valence-corrected chi connectivity index (χ1v) is 9.24. The SMILES string of the molecule is O=C(c1ccno1)N1CCC(c2ccccc2Cl)S(=O)(=O)CC1. The molecule has 0 bridgehead atoms. The standard InChI is InChI=1S/C15H15ClN2O4S/c16-12-4-2-1-3-11(12)14-6-8-18(9-10-23(14,20)21)15(19)13-5-7-17-22-13/h1-5,7,14H,6,8-10H2. The van der Waals surface area contributed by atoms with Crippen LogP contribution in [0.2, 0.25) is 5.02 Å². The molecule has 1 unspecified atom stereocenters. The van der Waals surface area contributed by atoms with Crippen molar-refractivity contribution in [2.45, 2.75) is 11.7 Å². The summed E-state index contributed by atoms with van der Waals surface area (Å²) in [6.07, 6.45) is 1.68. The number of halogens is 1. The van der Waals surface area contributed by atoms with Gasteiger partial charge in [0.15, 0.2) is 9.84 Å². The monoisotopic (exact) mass is 354 g/mol. The molecule has 1 aliphatic heterocycles. The Labute approximate surface area is 138 Å². The van der Waals surface area contributed by atoms with Gasteiger partial charge in [0.2, 0.25) is 5.76 Å². The third kappa shape index (κ3) is 3.25. The van der Waals surface area contributed by atoms with Crippen LogP contribution in [0.15, 0.2) is 41.1 Å². The normalized spacial score (nSPS) is 20.9. The molecule has 0 saturated carbocycles. The number of amides is 1. The Balaban J connectivity index is 1.86. The zero-order valence-electron chi connectivity index (χ0n) is 12.2. The van der Waals surface area contributed by atoms with E-state index in [2.05, 4.69) is 5.16 Å². The maximum atomic E-state index is 12.6. The number of benzene rings is 1. The van der Waals surface area contributed by atoms with Crippen molar-refractivity contribution in [2.75, 3.05) is 18.8 Å². The minimum Gasteiger partial charge on any atom is -0.351 e. The number of nitrogens with zero attached hydrogens (tertiary/aromatic N) is 2. The Morgan fingerprint density at radius 2 is 2.04 bits per heavy atom. The van der Waals surface area contributed by atoms with Crippen LogP contribution >= 0.6 is 11.6 Å². The molecule has 23 heavy (non-hydrogen) atoms. The van der Waals surface area contributed by atoms with E-state index < -0.39 is 15.1 Å². The molecule has 0 N–H and O–H groups in total. The van der Waals surface area contributed by atoms with Gasteiger partial charge >= 0.3 is 0 Å². The fraction of sp³-hybridized carbons (Fsp3) is 0.333. The lowest BCUT2D eigenvalue weighted by Gasteiger charge is -2.18. The molecular formula is C15H15ClN2O4S. The lowest BCUT2D eigenvalue weighted by atomic mass is 10.1. The van der Waals surface area contributed by atoms with E-state index in [1.54, 1.807) is 24.3 Å². The molecule has 122 valence electrons. The molecule has 3 rings (SSSR count). The van der Waals surface area contributed by atoms with Crippen LogP contribution in [0.1, 0.15) is 27.8 Å². The molecule has 1 aliphatic rings. The summed E-state index contributed by atoms with van der Waals surface area (Å²) in [5.74, 6) is -0.348. The average molecular weight is 355 g/mol. The first-order valence-electron chi connectivity index (χ1n) is 7.15. The van der Waals surface area contributed by atoms with Crippen LogP contribution in [0, 0.1) is 0 Å². The molecule has 0 aliphatic carbocycles. The number of hydrogen-bond acceptors (Lipinski definition) is 5. The van der Waals surface area contributed by atoms with Gasteiger partial charge in [0.25, 0.3) is 5.91 Å². The Hall–Kier alpha value is -1.86. The number of sulfone groups is 1.